The molecule has 6 heteroatoms. The van der Waals surface area contributed by atoms with Gasteiger partial charge in [0, 0.05) is 31.4 Å². The first-order chi connectivity index (χ1) is 19.7. The molecule has 1 N–H and O–H groups in total. The molecular weight excluding hydrogens is 496 g/mol. The average molecular weight is 537 g/mol. The molecule has 40 heavy (non-hydrogen) atoms. The minimum absolute atomic E-state index is 0.0508. The summed E-state index contributed by atoms with van der Waals surface area (Å²) in [5.41, 5.74) is 4.05. The summed E-state index contributed by atoms with van der Waals surface area (Å²) in [6, 6.07) is 19.7. The largest absolute Gasteiger partial charge is 0.339 e. The first-order valence-electron chi connectivity index (χ1n) is 15.0. The van der Waals surface area contributed by atoms with Crippen molar-refractivity contribution in [1.29, 1.82) is 0 Å². The van der Waals surface area contributed by atoms with Gasteiger partial charge >= 0.3 is 0 Å². The molecule has 2 aromatic carbocycles. The van der Waals surface area contributed by atoms with Gasteiger partial charge in [-0.3, -0.25) is 9.59 Å². The number of fused-ring (bicyclic) bond motifs is 3. The zero-order chi connectivity index (χ0) is 27.3. The van der Waals surface area contributed by atoms with Crippen LogP contribution in [0.2, 0.25) is 0 Å². The van der Waals surface area contributed by atoms with Crippen LogP contribution in [0.5, 0.6) is 0 Å². The molecule has 6 nitrogen and oxygen atoms in total. The summed E-state index contributed by atoms with van der Waals surface area (Å²) < 4.78 is 3.72. The van der Waals surface area contributed by atoms with E-state index in [1.807, 2.05) is 88.3 Å². The molecule has 0 aliphatic carbocycles. The fraction of sp³-hybridized carbons (Fsp3) is 0.412. The van der Waals surface area contributed by atoms with Gasteiger partial charge in [0.15, 0.2) is 0 Å². The Morgan fingerprint density at radius 2 is 1.60 bits per heavy atom. The summed E-state index contributed by atoms with van der Waals surface area (Å²) in [6.45, 7) is 4.43. The highest BCUT2D eigenvalue weighted by Crippen LogP contribution is 2.27. The smallest absolute Gasteiger partial charge is 0.275 e. The van der Waals surface area contributed by atoms with Crippen LogP contribution in [0.15, 0.2) is 77.7 Å². The van der Waals surface area contributed by atoms with Crippen molar-refractivity contribution in [1.82, 2.24) is 19.2 Å². The third-order valence-corrected chi connectivity index (χ3v) is 8.97. The van der Waals surface area contributed by atoms with Crippen molar-refractivity contribution in [3.8, 4) is 0 Å². The summed E-state index contributed by atoms with van der Waals surface area (Å²) in [5, 5.41) is 3.46. The van der Waals surface area contributed by atoms with E-state index in [4.69, 9.17) is 0 Å². The first-order valence-corrected chi connectivity index (χ1v) is 15.0. The third-order valence-electron chi connectivity index (χ3n) is 8.97. The Balaban J connectivity index is 1.16. The van der Waals surface area contributed by atoms with E-state index in [2.05, 4.69) is 5.32 Å². The van der Waals surface area contributed by atoms with Crippen LogP contribution < -0.4 is 10.9 Å². The van der Waals surface area contributed by atoms with Gasteiger partial charge in [-0.2, -0.15) is 0 Å². The van der Waals surface area contributed by atoms with Crippen molar-refractivity contribution in [2.45, 2.75) is 51.5 Å². The summed E-state index contributed by atoms with van der Waals surface area (Å²) in [6.07, 6.45) is 14.8. The van der Waals surface area contributed by atoms with Crippen molar-refractivity contribution < 1.29 is 4.79 Å². The number of allylic oxidation sites excluding steroid dienone is 1. The van der Waals surface area contributed by atoms with Crippen LogP contribution in [0, 0.1) is 11.8 Å². The molecular formula is C34H40N4O2. The molecule has 208 valence electrons. The predicted octanol–water partition coefficient (Wildman–Crippen LogP) is 5.99. The van der Waals surface area contributed by atoms with Gasteiger partial charge in [0.1, 0.15) is 5.52 Å². The normalized spacial score (nSPS) is 17.4. The van der Waals surface area contributed by atoms with Crippen molar-refractivity contribution in [2.75, 3.05) is 26.2 Å². The van der Waals surface area contributed by atoms with Gasteiger partial charge in [-0.05, 0) is 86.5 Å². The molecule has 1 amide bonds. The van der Waals surface area contributed by atoms with Crippen molar-refractivity contribution in [3.63, 3.8) is 0 Å². The fourth-order valence-electron chi connectivity index (χ4n) is 6.60. The first kappa shape index (κ1) is 26.6. The maximum absolute atomic E-state index is 13.6. The number of piperidine rings is 2. The molecule has 0 unspecified atom stereocenters. The second-order valence-electron chi connectivity index (χ2n) is 11.6. The zero-order valence-electron chi connectivity index (χ0n) is 23.3. The van der Waals surface area contributed by atoms with Gasteiger partial charge in [-0.15, -0.1) is 0 Å². The van der Waals surface area contributed by atoms with Crippen LogP contribution >= 0.6 is 0 Å². The lowest BCUT2D eigenvalue weighted by molar-refractivity contribution is 0.0685. The molecule has 2 aliphatic heterocycles. The molecule has 0 bridgehead atoms. The standard InChI is InChI=1S/C34H40N4O2/c39-33(36-23-17-28(18-24-36)10-4-9-27-15-19-35-20-16-27)29-13-14-30-32(25-29)38(34(40)31-12-6-21-37(30)31)22-5-11-26-7-2-1-3-8-26/h1-3,5-8,11-14,21,25,27-28,35H,4,9-10,15-20,22-24H2/b11-5+. The molecule has 0 saturated carbocycles. The van der Waals surface area contributed by atoms with E-state index in [-0.39, 0.29) is 11.5 Å². The number of rotatable bonds is 8. The van der Waals surface area contributed by atoms with Gasteiger partial charge < -0.3 is 19.2 Å². The van der Waals surface area contributed by atoms with E-state index >= 15 is 0 Å². The lowest BCUT2D eigenvalue weighted by Crippen LogP contribution is -2.38. The number of hydrogen-bond acceptors (Lipinski definition) is 3. The van der Waals surface area contributed by atoms with Crippen LogP contribution in [0.3, 0.4) is 0 Å². The van der Waals surface area contributed by atoms with Gasteiger partial charge in [-0.1, -0.05) is 61.7 Å². The Hall–Kier alpha value is -3.64. The molecule has 0 spiro atoms. The molecule has 2 fully saturated rings. The Kier molecular flexibility index (Phi) is 8.14. The average Bonchev–Trinajstić information content (AvgIpc) is 3.50. The van der Waals surface area contributed by atoms with E-state index in [0.29, 0.717) is 17.6 Å². The number of benzene rings is 2. The molecule has 2 aliphatic rings. The summed E-state index contributed by atoms with van der Waals surface area (Å²) in [4.78, 5) is 29.1. The summed E-state index contributed by atoms with van der Waals surface area (Å²) >= 11 is 0. The number of carbonyl (C=O) groups is 1. The van der Waals surface area contributed by atoms with E-state index in [9.17, 15) is 9.59 Å². The number of hydrogen-bond donors (Lipinski definition) is 1. The maximum atomic E-state index is 13.6. The molecule has 4 aromatic rings. The van der Waals surface area contributed by atoms with Crippen molar-refractivity contribution in [3.05, 3.63) is 94.4 Å². The second kappa shape index (κ2) is 12.3. The molecule has 0 radical (unpaired) electrons. The number of nitrogens with zero attached hydrogens (tertiary/aromatic N) is 3. The van der Waals surface area contributed by atoms with Crippen LogP contribution in [0.25, 0.3) is 22.6 Å². The Morgan fingerprint density at radius 3 is 2.38 bits per heavy atom. The fourth-order valence-corrected chi connectivity index (χ4v) is 6.60. The highest BCUT2D eigenvalue weighted by Gasteiger charge is 2.24. The Morgan fingerprint density at radius 1 is 0.850 bits per heavy atom. The van der Waals surface area contributed by atoms with Crippen LogP contribution in [0.4, 0.5) is 0 Å². The lowest BCUT2D eigenvalue weighted by Gasteiger charge is -2.32. The number of likely N-dealkylation sites (tertiary alicyclic amines) is 1. The van der Waals surface area contributed by atoms with Crippen molar-refractivity contribution >= 4 is 28.5 Å². The number of aromatic nitrogens is 2. The third kappa shape index (κ3) is 5.78. The second-order valence-corrected chi connectivity index (χ2v) is 11.6. The highest BCUT2D eigenvalue weighted by atomic mass is 16.2. The monoisotopic (exact) mass is 536 g/mol. The number of nitrogens with one attached hydrogen (secondary N) is 1. The molecule has 6 rings (SSSR count). The van der Waals surface area contributed by atoms with Crippen molar-refractivity contribution in [2.24, 2.45) is 11.8 Å². The lowest BCUT2D eigenvalue weighted by atomic mass is 9.87. The van der Waals surface area contributed by atoms with E-state index in [0.717, 1.165) is 54.4 Å². The van der Waals surface area contributed by atoms with Crippen LogP contribution in [-0.4, -0.2) is 46.0 Å². The van der Waals surface area contributed by atoms with E-state index in [1.165, 1.54) is 45.2 Å². The quantitative estimate of drug-likeness (QED) is 0.301. The SMILES string of the molecule is O=C(c1ccc2c(c1)n(C/C=C/c1ccccc1)c(=O)c1cccn12)N1CCC(CCCC2CCNCC2)CC1. The minimum Gasteiger partial charge on any atom is -0.339 e. The van der Waals surface area contributed by atoms with Gasteiger partial charge in [-0.25, -0.2) is 0 Å². The zero-order valence-corrected chi connectivity index (χ0v) is 23.3. The van der Waals surface area contributed by atoms with Gasteiger partial charge in [0.25, 0.3) is 11.5 Å². The van der Waals surface area contributed by atoms with E-state index < -0.39 is 0 Å². The molecule has 2 aromatic heterocycles. The highest BCUT2D eigenvalue weighted by molar-refractivity contribution is 5.97. The predicted molar refractivity (Wildman–Crippen MR) is 163 cm³/mol. The topological polar surface area (TPSA) is 58.8 Å². The number of carbonyl (C=O) groups excluding carboxylic acids is 1. The number of amides is 1. The van der Waals surface area contributed by atoms with E-state index in [1.54, 1.807) is 4.57 Å². The van der Waals surface area contributed by atoms with Gasteiger partial charge in [0.2, 0.25) is 0 Å². The van der Waals surface area contributed by atoms with Crippen LogP contribution in [0.1, 0.15) is 60.9 Å². The summed E-state index contributed by atoms with van der Waals surface area (Å²) in [7, 11) is 0. The Bertz CT molecular complexity index is 1540. The molecule has 4 heterocycles. The maximum Gasteiger partial charge on any atom is 0.275 e. The van der Waals surface area contributed by atoms with Crippen LogP contribution in [-0.2, 0) is 6.54 Å². The van der Waals surface area contributed by atoms with Gasteiger partial charge in [0.05, 0.1) is 11.0 Å². The minimum atomic E-state index is -0.0508. The molecule has 2 saturated heterocycles. The Labute approximate surface area is 236 Å². The summed E-state index contributed by atoms with van der Waals surface area (Å²) in [5.74, 6) is 1.70. The molecule has 0 atom stereocenters.